The highest BCUT2D eigenvalue weighted by molar-refractivity contribution is 6.01. The van der Waals surface area contributed by atoms with Crippen LogP contribution in [0.5, 0.6) is 5.75 Å². The maximum atomic E-state index is 12.6. The van der Waals surface area contributed by atoms with Crippen LogP contribution in [-0.2, 0) is 23.1 Å². The van der Waals surface area contributed by atoms with E-state index >= 15 is 0 Å². The van der Waals surface area contributed by atoms with Crippen LogP contribution in [0.25, 0.3) is 10.8 Å². The average Bonchev–Trinajstić information content (AvgIpc) is 2.77. The molecular formula is C23H25N3O6. The lowest BCUT2D eigenvalue weighted by Crippen LogP contribution is -2.43. The lowest BCUT2D eigenvalue weighted by atomic mass is 10.1. The number of hydrogen-bond acceptors (Lipinski definition) is 7. The van der Waals surface area contributed by atoms with Gasteiger partial charge in [0.05, 0.1) is 0 Å². The molecule has 3 rings (SSSR count). The smallest absolute Gasteiger partial charge is 0.344 e. The Morgan fingerprint density at radius 3 is 2.44 bits per heavy atom. The van der Waals surface area contributed by atoms with Gasteiger partial charge in [0.25, 0.3) is 5.56 Å². The standard InChI is InChI=1S/C23H25N3O6/c1-14(2)11-26-21(24)20(22(29)25(3)23(26)30)17(27)12-32-19(28)13-31-18-10-6-8-15-7-4-5-9-16(15)18/h4-10,14H,11-13,24H2,1-3H3. The molecule has 0 bridgehead atoms. The van der Waals surface area contributed by atoms with Crippen molar-refractivity contribution in [1.82, 2.24) is 9.13 Å². The number of esters is 1. The van der Waals surface area contributed by atoms with Gasteiger partial charge < -0.3 is 15.2 Å². The van der Waals surface area contributed by atoms with Crippen molar-refractivity contribution in [2.45, 2.75) is 20.4 Å². The molecule has 0 aliphatic heterocycles. The van der Waals surface area contributed by atoms with E-state index in [0.29, 0.717) is 5.75 Å². The fraction of sp³-hybridized carbons (Fsp3) is 0.304. The summed E-state index contributed by atoms with van der Waals surface area (Å²) in [4.78, 5) is 49.5. The summed E-state index contributed by atoms with van der Waals surface area (Å²) in [5.74, 6) is -1.25. The average molecular weight is 439 g/mol. The van der Waals surface area contributed by atoms with Gasteiger partial charge in [-0.2, -0.15) is 0 Å². The van der Waals surface area contributed by atoms with Gasteiger partial charge in [-0.3, -0.25) is 18.7 Å². The van der Waals surface area contributed by atoms with Gasteiger partial charge in [0, 0.05) is 19.0 Å². The van der Waals surface area contributed by atoms with Gasteiger partial charge in [-0.1, -0.05) is 50.2 Å². The molecule has 2 N–H and O–H groups in total. The fourth-order valence-electron chi connectivity index (χ4n) is 3.31. The topological polar surface area (TPSA) is 123 Å². The van der Waals surface area contributed by atoms with Crippen molar-refractivity contribution in [3.8, 4) is 5.75 Å². The first kappa shape index (κ1) is 22.8. The third-order valence-electron chi connectivity index (χ3n) is 4.87. The Kier molecular flexibility index (Phi) is 6.77. The molecule has 1 heterocycles. The van der Waals surface area contributed by atoms with Crippen LogP contribution < -0.4 is 21.7 Å². The van der Waals surface area contributed by atoms with E-state index in [1.807, 2.05) is 44.2 Å². The van der Waals surface area contributed by atoms with E-state index in [1.54, 1.807) is 12.1 Å². The number of aromatic nitrogens is 2. The molecule has 0 atom stereocenters. The van der Waals surface area contributed by atoms with Crippen molar-refractivity contribution in [3.05, 3.63) is 68.9 Å². The van der Waals surface area contributed by atoms with Crippen LogP contribution in [0.3, 0.4) is 0 Å². The Morgan fingerprint density at radius 1 is 1.03 bits per heavy atom. The zero-order valence-corrected chi connectivity index (χ0v) is 18.2. The Balaban J connectivity index is 1.70. The molecule has 0 fully saturated rings. The van der Waals surface area contributed by atoms with Crippen LogP contribution in [0.1, 0.15) is 24.2 Å². The normalized spacial score (nSPS) is 11.0. The Labute approximate surface area is 184 Å². The highest BCUT2D eigenvalue weighted by atomic mass is 16.6. The number of carbonyl (C=O) groups is 2. The number of nitrogen functional groups attached to an aromatic ring is 1. The molecule has 0 saturated heterocycles. The Hall–Kier alpha value is -3.88. The first-order chi connectivity index (χ1) is 15.2. The zero-order chi connectivity index (χ0) is 23.4. The summed E-state index contributed by atoms with van der Waals surface area (Å²) in [6.45, 7) is 2.86. The highest BCUT2D eigenvalue weighted by Gasteiger charge is 2.23. The second-order valence-corrected chi connectivity index (χ2v) is 7.76. The summed E-state index contributed by atoms with van der Waals surface area (Å²) in [7, 11) is 1.27. The lowest BCUT2D eigenvalue weighted by molar-refractivity contribution is -0.144. The molecule has 9 heteroatoms. The molecule has 32 heavy (non-hydrogen) atoms. The van der Waals surface area contributed by atoms with E-state index in [0.717, 1.165) is 15.3 Å². The van der Waals surface area contributed by atoms with E-state index in [4.69, 9.17) is 15.2 Å². The molecule has 0 saturated carbocycles. The number of anilines is 1. The van der Waals surface area contributed by atoms with Gasteiger partial charge in [-0.25, -0.2) is 9.59 Å². The van der Waals surface area contributed by atoms with E-state index in [1.165, 1.54) is 11.6 Å². The third-order valence-corrected chi connectivity index (χ3v) is 4.87. The summed E-state index contributed by atoms with van der Waals surface area (Å²) in [5, 5.41) is 1.79. The van der Waals surface area contributed by atoms with Gasteiger partial charge in [-0.05, 0) is 17.4 Å². The van der Waals surface area contributed by atoms with Crippen LogP contribution in [-0.4, -0.2) is 34.1 Å². The minimum atomic E-state index is -0.833. The molecule has 168 valence electrons. The monoisotopic (exact) mass is 439 g/mol. The SMILES string of the molecule is CC(C)Cn1c(N)c(C(=O)COC(=O)COc2cccc3ccccc23)c(=O)n(C)c1=O. The Morgan fingerprint density at radius 2 is 1.72 bits per heavy atom. The maximum Gasteiger partial charge on any atom is 0.344 e. The minimum absolute atomic E-state index is 0.0551. The zero-order valence-electron chi connectivity index (χ0n) is 18.2. The summed E-state index contributed by atoms with van der Waals surface area (Å²) in [6.07, 6.45) is 0. The molecule has 0 aliphatic rings. The van der Waals surface area contributed by atoms with Crippen LogP contribution in [0.4, 0.5) is 5.82 Å². The molecule has 0 amide bonds. The van der Waals surface area contributed by atoms with Gasteiger partial charge in [0.2, 0.25) is 5.78 Å². The second kappa shape index (κ2) is 9.51. The predicted octanol–water partition coefficient (Wildman–Crippen LogP) is 1.74. The van der Waals surface area contributed by atoms with Crippen molar-refractivity contribution in [1.29, 1.82) is 0 Å². The lowest BCUT2D eigenvalue weighted by Gasteiger charge is -2.16. The minimum Gasteiger partial charge on any atom is -0.481 e. The highest BCUT2D eigenvalue weighted by Crippen LogP contribution is 2.25. The van der Waals surface area contributed by atoms with Crippen LogP contribution >= 0.6 is 0 Å². The molecule has 2 aromatic carbocycles. The first-order valence-electron chi connectivity index (χ1n) is 10.1. The molecular weight excluding hydrogens is 414 g/mol. The van der Waals surface area contributed by atoms with E-state index in [-0.39, 0.29) is 23.8 Å². The van der Waals surface area contributed by atoms with Crippen molar-refractivity contribution in [3.63, 3.8) is 0 Å². The number of benzene rings is 2. The Bertz CT molecular complexity index is 1280. The third kappa shape index (κ3) is 4.72. The summed E-state index contributed by atoms with van der Waals surface area (Å²) in [6, 6.07) is 13.0. The van der Waals surface area contributed by atoms with Crippen LogP contribution in [0, 0.1) is 5.92 Å². The van der Waals surface area contributed by atoms with Crippen molar-refractivity contribution >= 4 is 28.3 Å². The number of carbonyl (C=O) groups excluding carboxylic acids is 2. The van der Waals surface area contributed by atoms with E-state index in [9.17, 15) is 19.2 Å². The maximum absolute atomic E-state index is 12.6. The number of rotatable bonds is 8. The van der Waals surface area contributed by atoms with Gasteiger partial charge >= 0.3 is 11.7 Å². The van der Waals surface area contributed by atoms with Crippen molar-refractivity contribution in [2.75, 3.05) is 18.9 Å². The molecule has 0 spiro atoms. The first-order valence-corrected chi connectivity index (χ1v) is 10.1. The quantitative estimate of drug-likeness (QED) is 0.419. The van der Waals surface area contributed by atoms with Gasteiger partial charge in [-0.15, -0.1) is 0 Å². The molecule has 9 nitrogen and oxygen atoms in total. The molecule has 0 unspecified atom stereocenters. The summed E-state index contributed by atoms with van der Waals surface area (Å²) >= 11 is 0. The fourth-order valence-corrected chi connectivity index (χ4v) is 3.31. The van der Waals surface area contributed by atoms with Gasteiger partial charge in [0.15, 0.2) is 13.2 Å². The molecule has 0 aliphatic carbocycles. The number of ketones is 1. The van der Waals surface area contributed by atoms with E-state index < -0.39 is 36.2 Å². The van der Waals surface area contributed by atoms with E-state index in [2.05, 4.69) is 0 Å². The van der Waals surface area contributed by atoms with Gasteiger partial charge in [0.1, 0.15) is 17.1 Å². The molecule has 0 radical (unpaired) electrons. The molecule has 3 aromatic rings. The number of fused-ring (bicyclic) bond motifs is 1. The number of hydrogen-bond donors (Lipinski definition) is 1. The number of Topliss-reactive ketones (excluding diaryl/α,β-unsaturated/α-hetero) is 1. The van der Waals surface area contributed by atoms with Crippen molar-refractivity contribution < 1.29 is 19.1 Å². The number of ether oxygens (including phenoxy) is 2. The van der Waals surface area contributed by atoms with Crippen molar-refractivity contribution in [2.24, 2.45) is 13.0 Å². The predicted molar refractivity (Wildman–Crippen MR) is 120 cm³/mol. The summed E-state index contributed by atoms with van der Waals surface area (Å²) < 4.78 is 12.5. The van der Waals surface area contributed by atoms with Crippen LogP contribution in [0.2, 0.25) is 0 Å². The second-order valence-electron chi connectivity index (χ2n) is 7.76. The van der Waals surface area contributed by atoms with Crippen LogP contribution in [0.15, 0.2) is 52.1 Å². The number of nitrogens with two attached hydrogens (primary N) is 1. The number of nitrogens with zero attached hydrogens (tertiary/aromatic N) is 2. The largest absolute Gasteiger partial charge is 0.481 e. The molecule has 1 aromatic heterocycles. The summed E-state index contributed by atoms with van der Waals surface area (Å²) in [5.41, 5.74) is 4.14.